The molecule has 0 aliphatic rings. The van der Waals surface area contributed by atoms with E-state index in [2.05, 4.69) is 14.4 Å². The zero-order chi connectivity index (χ0) is 10.2. The van der Waals surface area contributed by atoms with E-state index < -0.39 is 0 Å². The minimum atomic E-state index is -0.118. The molecule has 5 nitrogen and oxygen atoms in total. The largest absolute Gasteiger partial charge is 0.449 e. The molecule has 0 aromatic carbocycles. The second kappa shape index (κ2) is 5.93. The van der Waals surface area contributed by atoms with Crippen LogP contribution in [0.2, 0.25) is 0 Å². The summed E-state index contributed by atoms with van der Waals surface area (Å²) in [5, 5.41) is 8.27. The van der Waals surface area contributed by atoms with Crippen molar-refractivity contribution in [3.8, 4) is 0 Å². The van der Waals surface area contributed by atoms with Crippen LogP contribution in [0.4, 0.5) is 0 Å². The third kappa shape index (κ3) is 3.40. The number of aliphatic hydroxyl groups is 1. The molecular weight excluding hydrogens is 184 g/mol. The van der Waals surface area contributed by atoms with Crippen LogP contribution in [-0.2, 0) is 13.0 Å². The van der Waals surface area contributed by atoms with Crippen LogP contribution in [0.25, 0.3) is 0 Å². The van der Waals surface area contributed by atoms with Gasteiger partial charge in [0.1, 0.15) is 19.1 Å². The fraction of sp³-hybridized carbons (Fsp3) is 0.333. The van der Waals surface area contributed by atoms with E-state index in [9.17, 15) is 0 Å². The van der Waals surface area contributed by atoms with Crippen molar-refractivity contribution in [2.45, 2.75) is 20.0 Å². The van der Waals surface area contributed by atoms with Crippen molar-refractivity contribution in [2.75, 3.05) is 0 Å². The smallest absolute Gasteiger partial charge is 0.219 e. The molecule has 0 bridgehead atoms. The Morgan fingerprint density at radius 1 is 1.14 bits per heavy atom. The Balaban J connectivity index is 0.000000140. The molecule has 2 aromatic rings. The van der Waals surface area contributed by atoms with E-state index in [1.54, 1.807) is 12.5 Å². The molecule has 2 aromatic heterocycles. The van der Waals surface area contributed by atoms with E-state index in [0.29, 0.717) is 5.89 Å². The highest BCUT2D eigenvalue weighted by Gasteiger charge is 1.88. The average molecular weight is 196 g/mol. The van der Waals surface area contributed by atoms with Crippen LogP contribution >= 0.6 is 0 Å². The van der Waals surface area contributed by atoms with Gasteiger partial charge in [-0.05, 0) is 0 Å². The quantitative estimate of drug-likeness (QED) is 0.786. The van der Waals surface area contributed by atoms with Gasteiger partial charge in [0.15, 0.2) is 5.89 Å². The van der Waals surface area contributed by atoms with Gasteiger partial charge in [0, 0.05) is 6.42 Å². The number of nitrogens with zero attached hydrogens (tertiary/aromatic N) is 2. The first-order valence-electron chi connectivity index (χ1n) is 4.24. The molecule has 14 heavy (non-hydrogen) atoms. The maximum absolute atomic E-state index is 8.27. The molecule has 0 aliphatic carbocycles. The summed E-state index contributed by atoms with van der Waals surface area (Å²) in [5.41, 5.74) is 0. The second-order valence-electron chi connectivity index (χ2n) is 2.36. The molecule has 0 aliphatic heterocycles. The molecule has 0 fully saturated rings. The lowest BCUT2D eigenvalue weighted by atomic mass is 10.5. The van der Waals surface area contributed by atoms with Crippen molar-refractivity contribution in [1.82, 2.24) is 9.97 Å². The Morgan fingerprint density at radius 2 is 1.71 bits per heavy atom. The number of oxazole rings is 2. The van der Waals surface area contributed by atoms with Gasteiger partial charge in [-0.25, -0.2) is 9.97 Å². The first kappa shape index (κ1) is 10.5. The third-order valence-electron chi connectivity index (χ3n) is 1.40. The van der Waals surface area contributed by atoms with Crippen LogP contribution in [0.1, 0.15) is 18.7 Å². The monoisotopic (exact) mass is 196 g/mol. The topological polar surface area (TPSA) is 72.3 Å². The lowest BCUT2D eigenvalue weighted by molar-refractivity contribution is 0.240. The highest BCUT2D eigenvalue weighted by atomic mass is 16.4. The molecular formula is C9H12N2O3. The molecule has 76 valence electrons. The molecule has 2 rings (SSSR count). The molecule has 0 amide bonds. The Morgan fingerprint density at radius 3 is 1.93 bits per heavy atom. The zero-order valence-electron chi connectivity index (χ0n) is 7.88. The average Bonchev–Trinajstić information content (AvgIpc) is 2.92. The van der Waals surface area contributed by atoms with Gasteiger partial charge in [0.2, 0.25) is 5.89 Å². The van der Waals surface area contributed by atoms with Crippen molar-refractivity contribution in [3.63, 3.8) is 0 Å². The summed E-state index contributed by atoms with van der Waals surface area (Å²) in [6.07, 6.45) is 7.03. The van der Waals surface area contributed by atoms with Crippen molar-refractivity contribution >= 4 is 0 Å². The highest BCUT2D eigenvalue weighted by Crippen LogP contribution is 1.92. The van der Waals surface area contributed by atoms with Gasteiger partial charge in [0.25, 0.3) is 0 Å². The maximum atomic E-state index is 8.27. The SMILES string of the molecule is CCc1ncco1.OCc1ncco1. The predicted octanol–water partition coefficient (Wildman–Crippen LogP) is 1.40. The van der Waals surface area contributed by atoms with Crippen molar-refractivity contribution in [3.05, 3.63) is 36.7 Å². The summed E-state index contributed by atoms with van der Waals surface area (Å²) >= 11 is 0. The summed E-state index contributed by atoms with van der Waals surface area (Å²) in [7, 11) is 0. The molecule has 0 unspecified atom stereocenters. The fourth-order valence-electron chi connectivity index (χ4n) is 0.759. The molecule has 0 saturated heterocycles. The predicted molar refractivity (Wildman–Crippen MR) is 48.3 cm³/mol. The van der Waals surface area contributed by atoms with Crippen molar-refractivity contribution in [2.24, 2.45) is 0 Å². The lowest BCUT2D eigenvalue weighted by Crippen LogP contribution is -1.77. The van der Waals surface area contributed by atoms with E-state index in [0.717, 1.165) is 12.3 Å². The van der Waals surface area contributed by atoms with Crippen LogP contribution in [0.5, 0.6) is 0 Å². The van der Waals surface area contributed by atoms with Crippen LogP contribution in [-0.4, -0.2) is 15.1 Å². The molecule has 0 atom stereocenters. The van der Waals surface area contributed by atoms with Gasteiger partial charge in [-0.15, -0.1) is 0 Å². The first-order valence-corrected chi connectivity index (χ1v) is 4.24. The molecule has 0 radical (unpaired) electrons. The Kier molecular flexibility index (Phi) is 4.43. The number of rotatable bonds is 2. The molecule has 5 heteroatoms. The molecule has 0 spiro atoms. The second-order valence-corrected chi connectivity index (χ2v) is 2.36. The Hall–Kier alpha value is -1.62. The summed E-state index contributed by atoms with van der Waals surface area (Å²) < 4.78 is 9.49. The third-order valence-corrected chi connectivity index (χ3v) is 1.40. The zero-order valence-corrected chi connectivity index (χ0v) is 7.88. The summed E-state index contributed by atoms with van der Waals surface area (Å²) in [6.45, 7) is 1.89. The standard InChI is InChI=1S/C5H7NO.C4H5NO2/c1-2-5-6-3-4-7-5;6-3-4-5-1-2-7-4/h3-4H,2H2,1H3;1-2,6H,3H2. The van der Waals surface area contributed by atoms with Crippen LogP contribution in [0, 0.1) is 0 Å². The molecule has 1 N–H and O–H groups in total. The van der Waals surface area contributed by atoms with E-state index in [-0.39, 0.29) is 6.61 Å². The van der Waals surface area contributed by atoms with Gasteiger partial charge in [-0.2, -0.15) is 0 Å². The normalized spacial score (nSPS) is 9.29. The van der Waals surface area contributed by atoms with Gasteiger partial charge < -0.3 is 13.9 Å². The van der Waals surface area contributed by atoms with E-state index >= 15 is 0 Å². The maximum Gasteiger partial charge on any atom is 0.219 e. The van der Waals surface area contributed by atoms with Crippen molar-refractivity contribution < 1.29 is 13.9 Å². The van der Waals surface area contributed by atoms with E-state index in [4.69, 9.17) is 9.52 Å². The Labute approximate surface area is 81.4 Å². The molecule has 2 heterocycles. The van der Waals surface area contributed by atoms with Gasteiger partial charge in [-0.1, -0.05) is 6.92 Å². The number of hydrogen-bond acceptors (Lipinski definition) is 5. The highest BCUT2D eigenvalue weighted by molar-refractivity contribution is 4.77. The van der Waals surface area contributed by atoms with Gasteiger partial charge >= 0.3 is 0 Å². The first-order chi connectivity index (χ1) is 6.86. The number of hydrogen-bond donors (Lipinski definition) is 1. The van der Waals surface area contributed by atoms with Crippen LogP contribution < -0.4 is 0 Å². The number of aliphatic hydroxyl groups excluding tert-OH is 1. The van der Waals surface area contributed by atoms with Crippen LogP contribution in [0.15, 0.2) is 33.8 Å². The lowest BCUT2D eigenvalue weighted by Gasteiger charge is -1.77. The van der Waals surface area contributed by atoms with E-state index in [1.807, 2.05) is 6.92 Å². The minimum absolute atomic E-state index is 0.118. The number of aromatic nitrogens is 2. The van der Waals surface area contributed by atoms with Crippen molar-refractivity contribution in [1.29, 1.82) is 0 Å². The van der Waals surface area contributed by atoms with E-state index in [1.165, 1.54) is 12.5 Å². The Bertz CT molecular complexity index is 281. The molecule has 0 saturated carbocycles. The summed E-state index contributed by atoms with van der Waals surface area (Å²) in [4.78, 5) is 7.49. The summed E-state index contributed by atoms with van der Waals surface area (Å²) in [6, 6.07) is 0. The van der Waals surface area contributed by atoms with Gasteiger partial charge in [-0.3, -0.25) is 0 Å². The number of aryl methyl sites for hydroxylation is 1. The minimum Gasteiger partial charge on any atom is -0.449 e. The van der Waals surface area contributed by atoms with Gasteiger partial charge in [0.05, 0.1) is 12.4 Å². The fourth-order valence-corrected chi connectivity index (χ4v) is 0.759. The van der Waals surface area contributed by atoms with Crippen LogP contribution in [0.3, 0.4) is 0 Å². The summed E-state index contributed by atoms with van der Waals surface area (Å²) in [5.74, 6) is 1.17.